The first kappa shape index (κ1) is 11.8. The number of carbonyl (C=O) groups excluding carboxylic acids is 2. The fourth-order valence-electron chi connectivity index (χ4n) is 2.53. The van der Waals surface area contributed by atoms with Crippen molar-refractivity contribution < 1.29 is 9.59 Å². The molecule has 1 aliphatic rings. The monoisotopic (exact) mass is 278 g/mol. The molecule has 0 unspecified atom stereocenters. The van der Waals surface area contributed by atoms with Crippen LogP contribution in [0.3, 0.4) is 0 Å². The van der Waals surface area contributed by atoms with Crippen LogP contribution in [0.15, 0.2) is 42.6 Å². The first-order valence-electron chi connectivity index (χ1n) is 6.46. The normalized spacial score (nSPS) is 14.0. The van der Waals surface area contributed by atoms with E-state index in [4.69, 9.17) is 0 Å². The van der Waals surface area contributed by atoms with Crippen LogP contribution in [0.25, 0.3) is 5.52 Å². The van der Waals surface area contributed by atoms with Crippen molar-refractivity contribution in [2.45, 2.75) is 6.92 Å². The third-order valence-corrected chi connectivity index (χ3v) is 3.56. The average Bonchev–Trinajstić information content (AvgIpc) is 3.00. The van der Waals surface area contributed by atoms with Crippen LogP contribution in [0.1, 0.15) is 26.3 Å². The number of aromatic nitrogens is 3. The Labute approximate surface area is 119 Å². The summed E-state index contributed by atoms with van der Waals surface area (Å²) in [6.07, 6.45) is 1.75. The van der Waals surface area contributed by atoms with Gasteiger partial charge in [-0.3, -0.25) is 9.59 Å². The molecule has 2 amide bonds. The summed E-state index contributed by atoms with van der Waals surface area (Å²) in [5.41, 5.74) is 2.43. The van der Waals surface area contributed by atoms with Crippen LogP contribution in [0.5, 0.6) is 0 Å². The molecule has 4 rings (SSSR count). The van der Waals surface area contributed by atoms with Gasteiger partial charge in [-0.1, -0.05) is 17.3 Å². The number of hydrogen-bond acceptors (Lipinski definition) is 4. The van der Waals surface area contributed by atoms with E-state index in [-0.39, 0.29) is 17.6 Å². The third kappa shape index (κ3) is 1.53. The van der Waals surface area contributed by atoms with Crippen molar-refractivity contribution in [1.29, 1.82) is 0 Å². The Morgan fingerprint density at radius 2 is 1.67 bits per heavy atom. The second kappa shape index (κ2) is 3.99. The lowest BCUT2D eigenvalue weighted by molar-refractivity contribution is 0.0925. The number of fused-ring (bicyclic) bond motifs is 2. The van der Waals surface area contributed by atoms with Gasteiger partial charge in [0, 0.05) is 6.20 Å². The van der Waals surface area contributed by atoms with Crippen LogP contribution in [-0.2, 0) is 0 Å². The van der Waals surface area contributed by atoms with Gasteiger partial charge in [0.05, 0.1) is 11.1 Å². The van der Waals surface area contributed by atoms with E-state index in [1.807, 2.05) is 19.1 Å². The molecule has 21 heavy (non-hydrogen) atoms. The average molecular weight is 278 g/mol. The number of carbonyl (C=O) groups is 2. The van der Waals surface area contributed by atoms with E-state index >= 15 is 0 Å². The molecule has 0 saturated carbocycles. The lowest BCUT2D eigenvalue weighted by Crippen LogP contribution is -2.29. The number of imide groups is 1. The summed E-state index contributed by atoms with van der Waals surface area (Å²) in [5.74, 6) is -0.455. The van der Waals surface area contributed by atoms with Gasteiger partial charge in [0.25, 0.3) is 11.8 Å². The highest BCUT2D eigenvalue weighted by Gasteiger charge is 2.38. The number of hydrogen-bond donors (Lipinski definition) is 0. The molecule has 0 N–H and O–H groups in total. The van der Waals surface area contributed by atoms with Crippen molar-refractivity contribution in [2.75, 3.05) is 4.90 Å². The molecule has 0 radical (unpaired) electrons. The number of amides is 2. The summed E-state index contributed by atoms with van der Waals surface area (Å²) < 4.78 is 1.55. The molecular weight excluding hydrogens is 268 g/mol. The van der Waals surface area contributed by atoms with Crippen LogP contribution < -0.4 is 4.90 Å². The van der Waals surface area contributed by atoms with E-state index in [2.05, 4.69) is 10.3 Å². The van der Waals surface area contributed by atoms with E-state index in [0.717, 1.165) is 10.5 Å². The van der Waals surface area contributed by atoms with Gasteiger partial charge in [-0.05, 0) is 36.8 Å². The number of pyridine rings is 1. The van der Waals surface area contributed by atoms with Gasteiger partial charge in [-0.15, -0.1) is 5.10 Å². The second-order valence-corrected chi connectivity index (χ2v) is 4.94. The van der Waals surface area contributed by atoms with Gasteiger partial charge in [-0.25, -0.2) is 9.42 Å². The molecule has 102 valence electrons. The highest BCUT2D eigenvalue weighted by molar-refractivity contribution is 6.35. The number of nitrogens with zero attached hydrogens (tertiary/aromatic N) is 4. The van der Waals surface area contributed by atoms with Crippen LogP contribution in [-0.4, -0.2) is 26.6 Å². The van der Waals surface area contributed by atoms with Crippen molar-refractivity contribution in [3.63, 3.8) is 0 Å². The summed E-state index contributed by atoms with van der Waals surface area (Å²) in [6.45, 7) is 1.93. The maximum atomic E-state index is 12.5. The Kier molecular flexibility index (Phi) is 2.24. The van der Waals surface area contributed by atoms with Crippen LogP contribution in [0.2, 0.25) is 0 Å². The highest BCUT2D eigenvalue weighted by atomic mass is 16.2. The SMILES string of the molecule is Cc1ccn2nnc(N3C(=O)c4ccccc4C3=O)c2c1. The summed E-state index contributed by atoms with van der Waals surface area (Å²) >= 11 is 0. The number of benzene rings is 1. The van der Waals surface area contributed by atoms with Gasteiger partial charge in [-0.2, -0.15) is 0 Å². The molecule has 6 heteroatoms. The zero-order valence-corrected chi connectivity index (χ0v) is 11.1. The van der Waals surface area contributed by atoms with E-state index in [9.17, 15) is 9.59 Å². The zero-order chi connectivity index (χ0) is 14.6. The van der Waals surface area contributed by atoms with Crippen LogP contribution in [0.4, 0.5) is 5.82 Å². The molecule has 0 saturated heterocycles. The van der Waals surface area contributed by atoms with Crippen LogP contribution in [0, 0.1) is 6.92 Å². The fraction of sp³-hybridized carbons (Fsp3) is 0.0667. The molecule has 0 bridgehead atoms. The zero-order valence-electron chi connectivity index (χ0n) is 11.1. The Balaban J connectivity index is 1.93. The Morgan fingerprint density at radius 3 is 2.33 bits per heavy atom. The van der Waals surface area contributed by atoms with Gasteiger partial charge >= 0.3 is 0 Å². The Morgan fingerprint density at radius 1 is 1.00 bits per heavy atom. The summed E-state index contributed by atoms with van der Waals surface area (Å²) in [5, 5.41) is 7.96. The van der Waals surface area contributed by atoms with Crippen molar-refractivity contribution >= 4 is 23.1 Å². The molecule has 0 spiro atoms. The third-order valence-electron chi connectivity index (χ3n) is 3.56. The van der Waals surface area contributed by atoms with Gasteiger partial charge in [0.1, 0.15) is 5.52 Å². The molecule has 6 nitrogen and oxygen atoms in total. The first-order chi connectivity index (χ1) is 10.2. The van der Waals surface area contributed by atoms with Gasteiger partial charge in [0.15, 0.2) is 5.82 Å². The molecule has 1 aliphatic heterocycles. The lowest BCUT2D eigenvalue weighted by Gasteiger charge is -2.10. The standard InChI is InChI=1S/C15H10N4O2/c1-9-6-7-18-12(8-9)13(16-17-18)19-14(20)10-4-2-3-5-11(10)15(19)21/h2-8H,1H3. The van der Waals surface area contributed by atoms with Crippen LogP contribution >= 0.6 is 0 Å². The maximum Gasteiger partial charge on any atom is 0.267 e. The molecule has 0 fully saturated rings. The number of anilines is 1. The largest absolute Gasteiger partial charge is 0.268 e. The minimum absolute atomic E-state index is 0.268. The number of rotatable bonds is 1. The summed E-state index contributed by atoms with van der Waals surface area (Å²) in [6, 6.07) is 10.5. The molecule has 3 heterocycles. The maximum absolute atomic E-state index is 12.5. The van der Waals surface area contributed by atoms with Gasteiger partial charge < -0.3 is 0 Å². The quantitative estimate of drug-likeness (QED) is 0.637. The fourth-order valence-corrected chi connectivity index (χ4v) is 2.53. The Bertz CT molecular complexity index is 878. The topological polar surface area (TPSA) is 67.6 Å². The molecule has 2 aromatic heterocycles. The van der Waals surface area contributed by atoms with Gasteiger partial charge in [0.2, 0.25) is 0 Å². The minimum Gasteiger partial charge on any atom is -0.268 e. The predicted molar refractivity (Wildman–Crippen MR) is 75.3 cm³/mol. The van der Waals surface area contributed by atoms with Crippen molar-refractivity contribution in [3.8, 4) is 0 Å². The van der Waals surface area contributed by atoms with E-state index < -0.39 is 0 Å². The van der Waals surface area contributed by atoms with E-state index in [0.29, 0.717) is 16.6 Å². The molecular formula is C15H10N4O2. The molecule has 0 aliphatic carbocycles. The van der Waals surface area contributed by atoms with Crippen molar-refractivity contribution in [2.24, 2.45) is 0 Å². The van der Waals surface area contributed by atoms with Crippen molar-refractivity contribution in [3.05, 3.63) is 59.3 Å². The highest BCUT2D eigenvalue weighted by Crippen LogP contribution is 2.29. The smallest absolute Gasteiger partial charge is 0.267 e. The molecule has 0 atom stereocenters. The molecule has 1 aromatic carbocycles. The molecule has 3 aromatic rings. The van der Waals surface area contributed by atoms with Crippen molar-refractivity contribution in [1.82, 2.24) is 14.8 Å². The summed E-state index contributed by atoms with van der Waals surface area (Å²) in [4.78, 5) is 26.0. The second-order valence-electron chi connectivity index (χ2n) is 4.94. The number of aryl methyl sites for hydroxylation is 1. The summed E-state index contributed by atoms with van der Waals surface area (Å²) in [7, 11) is 0. The minimum atomic E-state index is -0.362. The van der Waals surface area contributed by atoms with E-state index in [1.165, 1.54) is 0 Å². The lowest BCUT2D eigenvalue weighted by atomic mass is 10.1. The predicted octanol–water partition coefficient (Wildman–Crippen LogP) is 1.84. The Hall–Kier alpha value is -3.02. The van der Waals surface area contributed by atoms with E-state index in [1.54, 1.807) is 35.0 Å². The first-order valence-corrected chi connectivity index (χ1v) is 6.46.